The lowest BCUT2D eigenvalue weighted by molar-refractivity contribution is 0.102. The predicted molar refractivity (Wildman–Crippen MR) is 74.7 cm³/mol. The lowest BCUT2D eigenvalue weighted by atomic mass is 10.1. The van der Waals surface area contributed by atoms with E-state index in [0.29, 0.717) is 24.5 Å². The molecule has 1 heterocycles. The van der Waals surface area contributed by atoms with Crippen LogP contribution in [0.5, 0.6) is 5.75 Å². The van der Waals surface area contributed by atoms with Crippen LogP contribution in [0.1, 0.15) is 10.4 Å². The van der Waals surface area contributed by atoms with Gasteiger partial charge in [-0.2, -0.15) is 0 Å². The Kier molecular flexibility index (Phi) is 3.43. The first-order valence-electron chi connectivity index (χ1n) is 6.41. The fraction of sp³-hybridized carbons (Fsp3) is 0.133. The molecule has 0 aliphatic carbocycles. The summed E-state index contributed by atoms with van der Waals surface area (Å²) in [6, 6.07) is 8.33. The molecule has 0 bridgehead atoms. The van der Waals surface area contributed by atoms with Crippen LogP contribution in [0.3, 0.4) is 0 Å². The van der Waals surface area contributed by atoms with E-state index in [1.807, 2.05) is 6.07 Å². The number of hydrogen-bond acceptors (Lipinski definition) is 3. The van der Waals surface area contributed by atoms with Gasteiger partial charge < -0.3 is 15.4 Å². The smallest absolute Gasteiger partial charge is 0.259 e. The number of fused-ring (bicyclic) bond motifs is 1. The lowest BCUT2D eigenvalue weighted by Crippen LogP contribution is -2.21. The second kappa shape index (κ2) is 5.40. The van der Waals surface area contributed by atoms with Crippen molar-refractivity contribution in [2.75, 3.05) is 23.8 Å². The molecular weight excluding hydrogens is 278 g/mol. The molecule has 0 aromatic heterocycles. The van der Waals surface area contributed by atoms with Gasteiger partial charge in [-0.25, -0.2) is 8.78 Å². The fourth-order valence-electron chi connectivity index (χ4n) is 2.12. The Morgan fingerprint density at radius 2 is 2.05 bits per heavy atom. The number of para-hydroxylation sites is 1. The third-order valence-corrected chi connectivity index (χ3v) is 3.10. The normalized spacial score (nSPS) is 12.9. The molecule has 0 radical (unpaired) electrons. The zero-order valence-corrected chi connectivity index (χ0v) is 11.0. The van der Waals surface area contributed by atoms with E-state index in [2.05, 4.69) is 10.6 Å². The molecule has 2 aromatic rings. The van der Waals surface area contributed by atoms with Crippen molar-refractivity contribution in [3.63, 3.8) is 0 Å². The van der Waals surface area contributed by atoms with Gasteiger partial charge >= 0.3 is 0 Å². The highest BCUT2D eigenvalue weighted by Crippen LogP contribution is 2.31. The van der Waals surface area contributed by atoms with E-state index in [-0.39, 0.29) is 5.69 Å². The molecule has 0 saturated heterocycles. The van der Waals surface area contributed by atoms with E-state index in [1.54, 1.807) is 12.1 Å². The average molecular weight is 290 g/mol. The summed E-state index contributed by atoms with van der Waals surface area (Å²) in [7, 11) is 0. The minimum absolute atomic E-state index is 0.181. The Morgan fingerprint density at radius 1 is 1.19 bits per heavy atom. The van der Waals surface area contributed by atoms with Crippen molar-refractivity contribution in [3.8, 4) is 5.75 Å². The number of ether oxygens (including phenoxy) is 1. The number of amides is 1. The topological polar surface area (TPSA) is 50.4 Å². The Bertz CT molecular complexity index is 704. The summed E-state index contributed by atoms with van der Waals surface area (Å²) < 4.78 is 31.5. The van der Waals surface area contributed by atoms with Crippen LogP contribution in [-0.2, 0) is 0 Å². The Labute approximate surface area is 119 Å². The molecule has 2 N–H and O–H groups in total. The van der Waals surface area contributed by atoms with Crippen LogP contribution >= 0.6 is 0 Å². The van der Waals surface area contributed by atoms with Crippen LogP contribution in [0.4, 0.5) is 20.2 Å². The molecule has 6 heteroatoms. The Hall–Kier alpha value is -2.63. The maximum Gasteiger partial charge on any atom is 0.259 e. The van der Waals surface area contributed by atoms with Gasteiger partial charge in [0.1, 0.15) is 6.61 Å². The first-order valence-corrected chi connectivity index (χ1v) is 6.41. The van der Waals surface area contributed by atoms with Gasteiger partial charge in [-0.3, -0.25) is 4.79 Å². The number of nitrogens with one attached hydrogen (secondary N) is 2. The van der Waals surface area contributed by atoms with Gasteiger partial charge in [0.2, 0.25) is 0 Å². The van der Waals surface area contributed by atoms with Crippen LogP contribution in [0.15, 0.2) is 36.4 Å². The monoisotopic (exact) mass is 290 g/mol. The average Bonchev–Trinajstić information content (AvgIpc) is 2.50. The third-order valence-electron chi connectivity index (χ3n) is 3.10. The highest BCUT2D eigenvalue weighted by Gasteiger charge is 2.19. The highest BCUT2D eigenvalue weighted by molar-refractivity contribution is 6.07. The minimum atomic E-state index is -1.01. The van der Waals surface area contributed by atoms with E-state index < -0.39 is 17.5 Å². The van der Waals surface area contributed by atoms with Gasteiger partial charge in [0.15, 0.2) is 17.4 Å². The van der Waals surface area contributed by atoms with Crippen molar-refractivity contribution in [1.82, 2.24) is 0 Å². The van der Waals surface area contributed by atoms with Gasteiger partial charge in [0, 0.05) is 18.3 Å². The van der Waals surface area contributed by atoms with Crippen molar-refractivity contribution in [1.29, 1.82) is 0 Å². The first kappa shape index (κ1) is 13.4. The van der Waals surface area contributed by atoms with Gasteiger partial charge in [0.05, 0.1) is 11.3 Å². The molecule has 21 heavy (non-hydrogen) atoms. The highest BCUT2D eigenvalue weighted by atomic mass is 19.2. The number of anilines is 2. The maximum atomic E-state index is 13.1. The molecule has 1 aliphatic rings. The van der Waals surface area contributed by atoms with Gasteiger partial charge in [0.25, 0.3) is 5.91 Å². The molecule has 0 spiro atoms. The van der Waals surface area contributed by atoms with Crippen LogP contribution in [0.2, 0.25) is 0 Å². The summed E-state index contributed by atoms with van der Waals surface area (Å²) in [5.41, 5.74) is 1.25. The molecule has 4 nitrogen and oxygen atoms in total. The number of hydrogen-bond donors (Lipinski definition) is 2. The molecule has 3 rings (SSSR count). The number of rotatable bonds is 2. The molecule has 0 saturated carbocycles. The standard InChI is InChI=1S/C15H12F2N2O2/c16-11-5-4-9(8-12(11)17)19-15(20)10-2-1-3-13-14(10)21-7-6-18-13/h1-5,8,18H,6-7H2,(H,19,20). The quantitative estimate of drug-likeness (QED) is 0.894. The summed E-state index contributed by atoms with van der Waals surface area (Å²) in [4.78, 5) is 12.2. The van der Waals surface area contributed by atoms with Gasteiger partial charge in [-0.1, -0.05) is 6.07 Å². The molecule has 0 atom stereocenters. The van der Waals surface area contributed by atoms with E-state index in [4.69, 9.17) is 4.74 Å². The summed E-state index contributed by atoms with van der Waals surface area (Å²) in [6.45, 7) is 1.13. The summed E-state index contributed by atoms with van der Waals surface area (Å²) in [6.07, 6.45) is 0. The summed E-state index contributed by atoms with van der Waals surface area (Å²) in [5, 5.41) is 5.65. The molecule has 2 aromatic carbocycles. The fourth-order valence-corrected chi connectivity index (χ4v) is 2.12. The van der Waals surface area contributed by atoms with E-state index in [9.17, 15) is 13.6 Å². The zero-order chi connectivity index (χ0) is 14.8. The van der Waals surface area contributed by atoms with Crippen LogP contribution in [-0.4, -0.2) is 19.1 Å². The summed E-state index contributed by atoms with van der Waals surface area (Å²) in [5.74, 6) is -1.95. The lowest BCUT2D eigenvalue weighted by Gasteiger charge is -2.21. The molecule has 1 aliphatic heterocycles. The van der Waals surface area contributed by atoms with Gasteiger partial charge in [-0.15, -0.1) is 0 Å². The van der Waals surface area contributed by atoms with Crippen LogP contribution in [0, 0.1) is 11.6 Å². The zero-order valence-electron chi connectivity index (χ0n) is 11.0. The van der Waals surface area contributed by atoms with Crippen LogP contribution in [0.25, 0.3) is 0 Å². The van der Waals surface area contributed by atoms with Crippen molar-refractivity contribution in [3.05, 3.63) is 53.6 Å². The predicted octanol–water partition coefficient (Wildman–Crippen LogP) is 3.02. The Morgan fingerprint density at radius 3 is 2.86 bits per heavy atom. The molecule has 108 valence electrons. The second-order valence-corrected chi connectivity index (χ2v) is 4.54. The van der Waals surface area contributed by atoms with Crippen molar-refractivity contribution >= 4 is 17.3 Å². The molecule has 1 amide bonds. The van der Waals surface area contributed by atoms with Crippen molar-refractivity contribution < 1.29 is 18.3 Å². The number of carbonyl (C=O) groups is 1. The maximum absolute atomic E-state index is 13.1. The first-order chi connectivity index (χ1) is 10.1. The summed E-state index contributed by atoms with van der Waals surface area (Å²) >= 11 is 0. The second-order valence-electron chi connectivity index (χ2n) is 4.54. The molecule has 0 unspecified atom stereocenters. The van der Waals surface area contributed by atoms with E-state index >= 15 is 0 Å². The number of carbonyl (C=O) groups excluding carboxylic acids is 1. The van der Waals surface area contributed by atoms with E-state index in [1.165, 1.54) is 6.07 Å². The SMILES string of the molecule is O=C(Nc1ccc(F)c(F)c1)c1cccc2c1OCCN2. The minimum Gasteiger partial charge on any atom is -0.489 e. The number of benzene rings is 2. The number of halogens is 2. The van der Waals surface area contributed by atoms with Crippen LogP contribution < -0.4 is 15.4 Å². The van der Waals surface area contributed by atoms with E-state index in [0.717, 1.165) is 17.8 Å². The molecule has 0 fully saturated rings. The van der Waals surface area contributed by atoms with Gasteiger partial charge in [-0.05, 0) is 24.3 Å². The van der Waals surface area contributed by atoms with Crippen molar-refractivity contribution in [2.45, 2.75) is 0 Å². The third kappa shape index (κ3) is 2.65. The Balaban J connectivity index is 1.87. The largest absolute Gasteiger partial charge is 0.489 e. The molecular formula is C15H12F2N2O2. The van der Waals surface area contributed by atoms with Crippen molar-refractivity contribution in [2.24, 2.45) is 0 Å².